The van der Waals surface area contributed by atoms with E-state index in [2.05, 4.69) is 107 Å². The molecule has 35 heavy (non-hydrogen) atoms. The van der Waals surface area contributed by atoms with E-state index in [9.17, 15) is 0 Å². The van der Waals surface area contributed by atoms with Crippen LogP contribution < -0.4 is 24.8 Å². The van der Waals surface area contributed by atoms with Gasteiger partial charge in [-0.25, -0.2) is 11.6 Å². The van der Waals surface area contributed by atoms with Crippen LogP contribution in [0.3, 0.4) is 0 Å². The van der Waals surface area contributed by atoms with Crippen molar-refractivity contribution in [2.75, 3.05) is 0 Å². The third-order valence-electron chi connectivity index (χ3n) is 5.58. The second-order valence-corrected chi connectivity index (χ2v) is 10.1. The number of fused-ring (bicyclic) bond motifs is 3. The van der Waals surface area contributed by atoms with Crippen LogP contribution in [0, 0.1) is 19.9 Å². The van der Waals surface area contributed by atoms with Gasteiger partial charge in [0.05, 0.1) is 0 Å². The van der Waals surface area contributed by atoms with Crippen LogP contribution in [0.5, 0.6) is 0 Å². The van der Waals surface area contributed by atoms with Crippen molar-refractivity contribution in [2.24, 2.45) is 0 Å². The van der Waals surface area contributed by atoms with Gasteiger partial charge in [-0.3, -0.25) is 0 Å². The van der Waals surface area contributed by atoms with Crippen molar-refractivity contribution in [3.05, 3.63) is 137 Å². The molecule has 0 aromatic heterocycles. The van der Waals surface area contributed by atoms with Crippen molar-refractivity contribution in [1.29, 1.82) is 0 Å². The van der Waals surface area contributed by atoms with Crippen LogP contribution in [0.25, 0.3) is 23.3 Å². The molecule has 0 bridgehead atoms. The van der Waals surface area contributed by atoms with Crippen molar-refractivity contribution in [2.45, 2.75) is 27.2 Å². The second kappa shape index (κ2) is 15.0. The van der Waals surface area contributed by atoms with Gasteiger partial charge in [0.1, 0.15) is 0 Å². The molecule has 1 aliphatic rings. The van der Waals surface area contributed by atoms with E-state index in [1.807, 2.05) is 24.3 Å². The number of hydrogen-bond acceptors (Lipinski definition) is 0. The van der Waals surface area contributed by atoms with E-state index in [0.29, 0.717) is 0 Å². The Hall–Kier alpha value is -2.18. The predicted molar refractivity (Wildman–Crippen MR) is 141 cm³/mol. The fourth-order valence-corrected chi connectivity index (χ4v) is 4.18. The SMILES string of the molecule is C=Cc1c[c-]c2c(c1)-c1cc(C=C)ccc1C2.C[C](=[Zr+2])c1ccccc1.Cc1c[cH-]c(C)c1.[Cl-].[Cl-]. The fraction of sp³-hybridized carbons (Fsp3) is 0.125. The molecule has 0 N–H and O–H groups in total. The van der Waals surface area contributed by atoms with Gasteiger partial charge in [-0.05, 0) is 12.0 Å². The van der Waals surface area contributed by atoms with Crippen molar-refractivity contribution in [3.8, 4) is 11.1 Å². The summed E-state index contributed by atoms with van der Waals surface area (Å²) in [6, 6.07) is 30.9. The fourth-order valence-electron chi connectivity index (χ4n) is 3.77. The van der Waals surface area contributed by atoms with E-state index < -0.39 is 0 Å². The van der Waals surface area contributed by atoms with Gasteiger partial charge in [0.25, 0.3) is 0 Å². The standard InChI is InChI=1S/C17H13.C8H8.C7H9.2ClH.Zr/c1-3-12-5-7-14-11-15-8-6-13(4-2)10-17(15)16(14)9-12;1-2-8-6-4-3-5-7-8;1-6-3-4-7(2)5-6;;;/h3-7,9-10H,1-2,11H2;3-7H,1H3;3-5H,1-2H3;2*1H;/q-1;;-1;;;+2/p-2. The molecule has 0 saturated carbocycles. The minimum atomic E-state index is 0. The van der Waals surface area contributed by atoms with Gasteiger partial charge >= 0.3 is 70.3 Å². The molecule has 0 fully saturated rings. The average Bonchev–Trinajstić information content (AvgIpc) is 3.40. The Morgan fingerprint density at radius 3 is 2.06 bits per heavy atom. The topological polar surface area (TPSA) is 0 Å². The summed E-state index contributed by atoms with van der Waals surface area (Å²) in [5.41, 5.74) is 11.7. The molecular weight excluding hydrogens is 546 g/mol. The summed E-state index contributed by atoms with van der Waals surface area (Å²) in [6.07, 6.45) is 4.74. The Morgan fingerprint density at radius 1 is 0.914 bits per heavy atom. The molecule has 4 aromatic rings. The molecule has 0 aliphatic heterocycles. The molecule has 0 radical (unpaired) electrons. The maximum atomic E-state index is 3.82. The van der Waals surface area contributed by atoms with E-state index in [0.717, 1.165) is 12.0 Å². The molecule has 1 aliphatic carbocycles. The smallest absolute Gasteiger partial charge is 0.0635 e. The quantitative estimate of drug-likeness (QED) is 0.289. The number of aryl methyl sites for hydroxylation is 2. The predicted octanol–water partition coefficient (Wildman–Crippen LogP) is 2.15. The molecule has 0 amide bonds. The van der Waals surface area contributed by atoms with Crippen LogP contribution in [-0.2, 0) is 30.7 Å². The van der Waals surface area contributed by atoms with E-state index in [4.69, 9.17) is 0 Å². The molecule has 0 nitrogen and oxygen atoms in total. The van der Waals surface area contributed by atoms with Crippen molar-refractivity contribution in [3.63, 3.8) is 0 Å². The molecule has 0 heterocycles. The Labute approximate surface area is 238 Å². The Balaban J connectivity index is 0.000000289. The average molecular weight is 577 g/mol. The van der Waals surface area contributed by atoms with Crippen molar-refractivity contribution < 1.29 is 49.0 Å². The number of rotatable bonds is 3. The van der Waals surface area contributed by atoms with Crippen LogP contribution >= 0.6 is 0 Å². The second-order valence-electron chi connectivity index (χ2n) is 8.28. The van der Waals surface area contributed by atoms with Crippen LogP contribution in [0.4, 0.5) is 0 Å². The summed E-state index contributed by atoms with van der Waals surface area (Å²) < 4.78 is 1.46. The first-order valence-electron chi connectivity index (χ1n) is 11.1. The molecule has 0 saturated heterocycles. The zero-order valence-electron chi connectivity index (χ0n) is 20.5. The molecule has 0 atom stereocenters. The molecule has 0 unspecified atom stereocenters. The molecule has 0 spiro atoms. The monoisotopic (exact) mass is 574 g/mol. The summed E-state index contributed by atoms with van der Waals surface area (Å²) in [4.78, 5) is 0. The summed E-state index contributed by atoms with van der Waals surface area (Å²) in [7, 11) is 0. The third kappa shape index (κ3) is 8.77. The van der Waals surface area contributed by atoms with Crippen LogP contribution in [0.15, 0.2) is 92.0 Å². The summed E-state index contributed by atoms with van der Waals surface area (Å²) >= 11 is 1.51. The largest absolute Gasteiger partial charge is 1.00 e. The summed E-state index contributed by atoms with van der Waals surface area (Å²) in [5, 5.41) is 0. The minimum Gasteiger partial charge on any atom is -1.00 e. The van der Waals surface area contributed by atoms with Gasteiger partial charge in [-0.15, -0.1) is 23.8 Å². The van der Waals surface area contributed by atoms with Gasteiger partial charge < -0.3 is 24.8 Å². The maximum absolute atomic E-state index is 3.82. The van der Waals surface area contributed by atoms with E-state index in [1.165, 1.54) is 71.9 Å². The normalized spacial score (nSPS) is 9.97. The first kappa shape index (κ1) is 30.9. The first-order valence-corrected chi connectivity index (χ1v) is 12.4. The molecular formula is C32H30Cl2Zr-2. The van der Waals surface area contributed by atoms with Gasteiger partial charge in [-0.1, -0.05) is 55.8 Å². The Kier molecular flexibility index (Phi) is 13.3. The number of benzene rings is 3. The number of hydrogen-bond donors (Lipinski definition) is 0. The van der Waals surface area contributed by atoms with E-state index in [-0.39, 0.29) is 24.8 Å². The maximum Gasteiger partial charge on any atom is -0.0635 e. The van der Waals surface area contributed by atoms with Crippen molar-refractivity contribution >= 4 is 15.4 Å². The zero-order valence-corrected chi connectivity index (χ0v) is 24.5. The van der Waals surface area contributed by atoms with E-state index in [1.54, 1.807) is 0 Å². The van der Waals surface area contributed by atoms with Gasteiger partial charge in [-0.2, -0.15) is 41.5 Å². The van der Waals surface area contributed by atoms with Crippen molar-refractivity contribution in [1.82, 2.24) is 0 Å². The van der Waals surface area contributed by atoms with E-state index >= 15 is 0 Å². The Morgan fingerprint density at radius 2 is 1.57 bits per heavy atom. The summed E-state index contributed by atoms with van der Waals surface area (Å²) in [6.45, 7) is 14.0. The molecule has 5 rings (SSSR count). The van der Waals surface area contributed by atoms with Gasteiger partial charge in [0.2, 0.25) is 0 Å². The van der Waals surface area contributed by atoms with Crippen LogP contribution in [0.1, 0.15) is 45.9 Å². The van der Waals surface area contributed by atoms with Gasteiger partial charge in [0, 0.05) is 0 Å². The first-order chi connectivity index (χ1) is 15.9. The van der Waals surface area contributed by atoms with Gasteiger partial charge in [0.15, 0.2) is 0 Å². The number of halogens is 2. The molecule has 178 valence electrons. The molecule has 4 aromatic carbocycles. The minimum absolute atomic E-state index is 0. The Bertz CT molecular complexity index is 1190. The zero-order chi connectivity index (χ0) is 23.8. The van der Waals surface area contributed by atoms with Crippen LogP contribution in [0.2, 0.25) is 0 Å². The summed E-state index contributed by atoms with van der Waals surface area (Å²) in [5.74, 6) is 0. The van der Waals surface area contributed by atoms with Crippen LogP contribution in [-0.4, -0.2) is 3.21 Å². The third-order valence-corrected chi connectivity index (χ3v) is 6.29. The molecule has 3 heteroatoms.